The van der Waals surface area contributed by atoms with Gasteiger partial charge in [0, 0.05) is 43.9 Å². The van der Waals surface area contributed by atoms with Gasteiger partial charge in [0.15, 0.2) is 0 Å². The number of likely N-dealkylation sites (tertiary alicyclic amines) is 1. The predicted molar refractivity (Wildman–Crippen MR) is 129 cm³/mol. The van der Waals surface area contributed by atoms with Gasteiger partial charge >= 0.3 is 0 Å². The molecule has 5 rings (SSSR count). The van der Waals surface area contributed by atoms with Gasteiger partial charge in [-0.15, -0.1) is 5.10 Å². The fourth-order valence-corrected chi connectivity index (χ4v) is 4.73. The number of nitrogens with zero attached hydrogens (tertiary/aromatic N) is 5. The molecule has 188 valence electrons. The van der Waals surface area contributed by atoms with Crippen LogP contribution in [0.15, 0.2) is 24.5 Å². The van der Waals surface area contributed by atoms with Gasteiger partial charge in [0.1, 0.15) is 17.9 Å². The summed E-state index contributed by atoms with van der Waals surface area (Å²) in [5, 5.41) is 25.3. The van der Waals surface area contributed by atoms with Crippen LogP contribution in [0.2, 0.25) is 0 Å². The van der Waals surface area contributed by atoms with Crippen molar-refractivity contribution in [3.8, 4) is 0 Å². The number of rotatable bonds is 8. The van der Waals surface area contributed by atoms with Crippen LogP contribution in [-0.2, 0) is 16.1 Å². The van der Waals surface area contributed by atoms with Gasteiger partial charge in [-0.25, -0.2) is 9.67 Å². The Bertz CT molecular complexity index is 1090. The molecule has 0 radical (unpaired) electrons. The first-order valence-corrected chi connectivity index (χ1v) is 12.6. The molecule has 3 N–H and O–H groups in total. The number of nitrogens with one attached hydrogen (secondary N) is 2. The zero-order chi connectivity index (χ0) is 24.7. The van der Waals surface area contributed by atoms with Gasteiger partial charge in [0.05, 0.1) is 11.8 Å². The van der Waals surface area contributed by atoms with Gasteiger partial charge in [-0.3, -0.25) is 9.59 Å². The van der Waals surface area contributed by atoms with E-state index in [0.29, 0.717) is 18.5 Å². The molecule has 3 heterocycles. The average Bonchev–Trinajstić information content (AvgIpc) is 3.73. The first kappa shape index (κ1) is 23.7. The van der Waals surface area contributed by atoms with Crippen molar-refractivity contribution in [1.29, 1.82) is 0 Å². The zero-order valence-electron chi connectivity index (χ0n) is 20.6. The Morgan fingerprint density at radius 2 is 2.00 bits per heavy atom. The van der Waals surface area contributed by atoms with Crippen molar-refractivity contribution in [2.45, 2.75) is 89.6 Å². The predicted octanol–water partition coefficient (Wildman–Crippen LogP) is 1.99. The molecule has 0 bridgehead atoms. The fraction of sp³-hybridized carbons (Fsp3) is 0.640. The van der Waals surface area contributed by atoms with E-state index in [0.717, 1.165) is 42.8 Å². The smallest absolute Gasteiger partial charge is 0.248 e. The molecule has 3 fully saturated rings. The Kier molecular flexibility index (Phi) is 6.25. The van der Waals surface area contributed by atoms with Gasteiger partial charge in [-0.2, -0.15) is 0 Å². The van der Waals surface area contributed by atoms with Crippen LogP contribution in [0.5, 0.6) is 0 Å². The van der Waals surface area contributed by atoms with Gasteiger partial charge in [0.2, 0.25) is 11.8 Å². The lowest BCUT2D eigenvalue weighted by atomic mass is 9.85. The van der Waals surface area contributed by atoms with Crippen molar-refractivity contribution < 1.29 is 14.7 Å². The quantitative estimate of drug-likeness (QED) is 0.526. The molecule has 2 aromatic heterocycles. The minimum atomic E-state index is -0.747. The van der Waals surface area contributed by atoms with Gasteiger partial charge in [-0.1, -0.05) is 26.0 Å². The summed E-state index contributed by atoms with van der Waals surface area (Å²) in [7, 11) is 0. The number of carbonyl (C=O) groups excluding carboxylic acids is 2. The number of amides is 2. The highest BCUT2D eigenvalue weighted by Crippen LogP contribution is 2.40. The monoisotopic (exact) mass is 481 g/mol. The Morgan fingerprint density at radius 1 is 1.23 bits per heavy atom. The Balaban J connectivity index is 1.28. The lowest BCUT2D eigenvalue weighted by Gasteiger charge is -2.34. The van der Waals surface area contributed by atoms with Crippen molar-refractivity contribution in [1.82, 2.24) is 30.2 Å². The highest BCUT2D eigenvalue weighted by Gasteiger charge is 2.45. The molecule has 10 heteroatoms. The van der Waals surface area contributed by atoms with E-state index in [1.807, 2.05) is 39.1 Å². The minimum Gasteiger partial charge on any atom is -0.391 e. The van der Waals surface area contributed by atoms with E-state index in [9.17, 15) is 14.7 Å². The molecule has 2 aromatic rings. The summed E-state index contributed by atoms with van der Waals surface area (Å²) < 4.78 is 1.64. The molecule has 2 saturated carbocycles. The van der Waals surface area contributed by atoms with E-state index in [4.69, 9.17) is 0 Å². The highest BCUT2D eigenvalue weighted by molar-refractivity contribution is 5.90. The molecule has 0 aromatic carbocycles. The second-order valence-electron chi connectivity index (χ2n) is 11.2. The maximum absolute atomic E-state index is 13.8. The summed E-state index contributed by atoms with van der Waals surface area (Å²) in [4.78, 5) is 32.8. The van der Waals surface area contributed by atoms with E-state index >= 15 is 0 Å². The summed E-state index contributed by atoms with van der Waals surface area (Å²) in [5.74, 6) is 0.744. The number of pyridine rings is 1. The van der Waals surface area contributed by atoms with Crippen molar-refractivity contribution in [3.63, 3.8) is 0 Å². The summed E-state index contributed by atoms with van der Waals surface area (Å²) in [6.45, 7) is 6.38. The normalized spacial score (nSPS) is 23.3. The second-order valence-corrected chi connectivity index (χ2v) is 11.2. The maximum atomic E-state index is 13.8. The molecule has 0 spiro atoms. The highest BCUT2D eigenvalue weighted by atomic mass is 16.3. The number of aliphatic hydroxyl groups is 1. The zero-order valence-corrected chi connectivity index (χ0v) is 20.6. The van der Waals surface area contributed by atoms with E-state index in [2.05, 4.69) is 25.9 Å². The van der Waals surface area contributed by atoms with Crippen LogP contribution >= 0.6 is 0 Å². The fourth-order valence-electron chi connectivity index (χ4n) is 4.73. The summed E-state index contributed by atoms with van der Waals surface area (Å²) in [6, 6.07) is 2.93. The third-order valence-electron chi connectivity index (χ3n) is 6.93. The molecular formula is C25H35N7O3. The van der Waals surface area contributed by atoms with Crippen molar-refractivity contribution in [3.05, 3.63) is 35.8 Å². The van der Waals surface area contributed by atoms with Crippen molar-refractivity contribution >= 4 is 17.6 Å². The minimum absolute atomic E-state index is 0.123. The average molecular weight is 482 g/mol. The molecule has 35 heavy (non-hydrogen) atoms. The Morgan fingerprint density at radius 3 is 2.69 bits per heavy atom. The number of anilines is 1. The Labute approximate surface area is 205 Å². The molecule has 3 aliphatic rings. The number of aliphatic hydroxyl groups excluding tert-OH is 1. The van der Waals surface area contributed by atoms with Crippen molar-refractivity contribution in [2.75, 3.05) is 11.9 Å². The summed E-state index contributed by atoms with van der Waals surface area (Å²) in [5.41, 5.74) is 1.38. The van der Waals surface area contributed by atoms with Gasteiger partial charge in [-0.05, 0) is 48.8 Å². The third-order valence-corrected chi connectivity index (χ3v) is 6.93. The third kappa shape index (κ3) is 5.47. The molecule has 2 amide bonds. The van der Waals surface area contributed by atoms with Gasteiger partial charge in [0.25, 0.3) is 0 Å². The van der Waals surface area contributed by atoms with Gasteiger partial charge < -0.3 is 20.6 Å². The molecular weight excluding hydrogens is 446 g/mol. The molecule has 1 aliphatic heterocycles. The number of carbonyl (C=O) groups is 2. The Hall–Kier alpha value is -3.01. The van der Waals surface area contributed by atoms with E-state index < -0.39 is 23.6 Å². The largest absolute Gasteiger partial charge is 0.391 e. The van der Waals surface area contributed by atoms with E-state index in [1.54, 1.807) is 10.9 Å². The summed E-state index contributed by atoms with van der Waals surface area (Å²) >= 11 is 0. The van der Waals surface area contributed by atoms with E-state index in [1.165, 1.54) is 4.90 Å². The van der Waals surface area contributed by atoms with Crippen LogP contribution in [0.4, 0.5) is 5.82 Å². The van der Waals surface area contributed by atoms with Crippen LogP contribution < -0.4 is 10.6 Å². The van der Waals surface area contributed by atoms with Crippen LogP contribution in [0.3, 0.4) is 0 Å². The van der Waals surface area contributed by atoms with E-state index in [-0.39, 0.29) is 24.8 Å². The number of hydrogen-bond donors (Lipinski definition) is 3. The van der Waals surface area contributed by atoms with Crippen LogP contribution in [0.25, 0.3) is 0 Å². The molecule has 1 saturated heterocycles. The number of β-amino-alcohol motifs (C(OH)–C–C–N with tert-alkyl or cyclic N) is 1. The van der Waals surface area contributed by atoms with Crippen LogP contribution in [0.1, 0.15) is 76.1 Å². The van der Waals surface area contributed by atoms with Crippen LogP contribution in [0, 0.1) is 5.41 Å². The topological polar surface area (TPSA) is 125 Å². The molecule has 2 aliphatic carbocycles. The number of aromatic nitrogens is 4. The molecule has 3 atom stereocenters. The first-order valence-electron chi connectivity index (χ1n) is 12.6. The summed E-state index contributed by atoms with van der Waals surface area (Å²) in [6.07, 6.45) is 7.57. The lowest BCUT2D eigenvalue weighted by molar-refractivity contribution is -0.144. The first-order chi connectivity index (χ1) is 16.7. The lowest BCUT2D eigenvalue weighted by Crippen LogP contribution is -2.50. The maximum Gasteiger partial charge on any atom is 0.248 e. The molecule has 0 unspecified atom stereocenters. The standard InChI is InChI=1S/C25H35N7O3/c1-25(2,3)22(32-14-19(29-30-32)16-4-5-16)24(35)31-13-18(33)11-20(31)23(34)27-12-15-8-9-26-21(10-15)28-17-6-7-17/h8-10,14,16-18,20,22,33H,4-7,11-13H2,1-3H3,(H,26,28)(H,27,34)/t18-,20+,22-/m1/s1. The SMILES string of the molecule is CC(C)(C)[C@@H](C(=O)N1C[C@H](O)C[C@H]1C(=O)NCc1ccnc(NC2CC2)c1)n1cc(C2CC2)nn1. The second kappa shape index (κ2) is 9.22. The van der Waals surface area contributed by atoms with Crippen molar-refractivity contribution in [2.24, 2.45) is 5.41 Å². The van der Waals surface area contributed by atoms with Crippen LogP contribution in [-0.4, -0.2) is 66.5 Å². The number of hydrogen-bond acceptors (Lipinski definition) is 7. The molecule has 10 nitrogen and oxygen atoms in total.